The van der Waals surface area contributed by atoms with Gasteiger partial charge in [-0.2, -0.15) is 0 Å². The molecule has 0 saturated carbocycles. The van der Waals surface area contributed by atoms with Gasteiger partial charge < -0.3 is 10.4 Å². The predicted molar refractivity (Wildman–Crippen MR) is 91.6 cm³/mol. The summed E-state index contributed by atoms with van der Waals surface area (Å²) in [7, 11) is 0. The smallest absolute Gasteiger partial charge is 0.307 e. The molecule has 0 fully saturated rings. The van der Waals surface area contributed by atoms with Crippen LogP contribution in [0.25, 0.3) is 0 Å². The van der Waals surface area contributed by atoms with E-state index in [1.807, 2.05) is 38.1 Å². The van der Waals surface area contributed by atoms with E-state index in [0.29, 0.717) is 10.0 Å². The van der Waals surface area contributed by atoms with Crippen LogP contribution in [0.3, 0.4) is 0 Å². The van der Waals surface area contributed by atoms with Crippen LogP contribution in [0.5, 0.6) is 0 Å². The van der Waals surface area contributed by atoms with Gasteiger partial charge >= 0.3 is 5.97 Å². The molecule has 2 N–H and O–H groups in total. The third kappa shape index (κ3) is 3.93. The molecular formula is C17H17Cl2NO2. The monoisotopic (exact) mass is 337 g/mol. The largest absolute Gasteiger partial charge is 0.481 e. The molecule has 0 saturated heterocycles. The molecule has 0 bridgehead atoms. The maximum absolute atomic E-state index is 11.1. The van der Waals surface area contributed by atoms with Gasteiger partial charge in [0.2, 0.25) is 0 Å². The van der Waals surface area contributed by atoms with Crippen LogP contribution in [0.1, 0.15) is 23.6 Å². The lowest BCUT2D eigenvalue weighted by atomic mass is 10.0. The first-order chi connectivity index (χ1) is 10.4. The van der Waals surface area contributed by atoms with Gasteiger partial charge in [-0.05, 0) is 48.2 Å². The van der Waals surface area contributed by atoms with E-state index >= 15 is 0 Å². The van der Waals surface area contributed by atoms with Gasteiger partial charge in [-0.15, -0.1) is 0 Å². The summed E-state index contributed by atoms with van der Waals surface area (Å²) in [5.41, 5.74) is 4.21. The average molecular weight is 338 g/mol. The summed E-state index contributed by atoms with van der Waals surface area (Å²) in [6.07, 6.45) is 0.814. The van der Waals surface area contributed by atoms with Gasteiger partial charge in [-0.25, -0.2) is 0 Å². The van der Waals surface area contributed by atoms with Crippen molar-refractivity contribution in [3.05, 3.63) is 57.1 Å². The molecule has 0 aliphatic rings. The molecule has 2 aromatic rings. The van der Waals surface area contributed by atoms with Crippen molar-refractivity contribution >= 4 is 40.5 Å². The number of aryl methyl sites for hydroxylation is 2. The number of halogens is 2. The lowest BCUT2D eigenvalue weighted by molar-refractivity contribution is -0.136. The predicted octanol–water partition coefficient (Wildman–Crippen LogP) is 5.23. The van der Waals surface area contributed by atoms with Crippen molar-refractivity contribution < 1.29 is 9.90 Å². The Labute approximate surface area is 139 Å². The molecule has 0 radical (unpaired) electrons. The van der Waals surface area contributed by atoms with Crippen LogP contribution < -0.4 is 5.32 Å². The molecular weight excluding hydrogens is 321 g/mol. The SMILES string of the molecule is CCc1ccc(Nc2c(C)cc(Cl)cc2Cl)c(CC(=O)O)c1. The molecule has 116 valence electrons. The van der Waals surface area contributed by atoms with E-state index in [-0.39, 0.29) is 6.42 Å². The molecule has 0 atom stereocenters. The Morgan fingerprint density at radius 2 is 1.95 bits per heavy atom. The molecule has 3 nitrogen and oxygen atoms in total. The first-order valence-corrected chi connectivity index (χ1v) is 7.72. The zero-order valence-corrected chi connectivity index (χ0v) is 13.9. The zero-order chi connectivity index (χ0) is 16.3. The van der Waals surface area contributed by atoms with E-state index in [1.54, 1.807) is 6.07 Å². The lowest BCUT2D eigenvalue weighted by Crippen LogP contribution is -2.05. The number of nitrogens with one attached hydrogen (secondary N) is 1. The van der Waals surface area contributed by atoms with Gasteiger partial charge in [0.1, 0.15) is 0 Å². The summed E-state index contributed by atoms with van der Waals surface area (Å²) in [6.45, 7) is 3.94. The second-order valence-electron chi connectivity index (χ2n) is 5.12. The molecule has 0 unspecified atom stereocenters. The Kier molecular flexibility index (Phi) is 5.33. The van der Waals surface area contributed by atoms with Crippen LogP contribution in [0, 0.1) is 6.92 Å². The van der Waals surface area contributed by atoms with Gasteiger partial charge in [0.15, 0.2) is 0 Å². The summed E-state index contributed by atoms with van der Waals surface area (Å²) in [5, 5.41) is 13.4. The minimum Gasteiger partial charge on any atom is -0.481 e. The molecule has 5 heteroatoms. The van der Waals surface area contributed by atoms with Crippen molar-refractivity contribution in [1.82, 2.24) is 0 Å². The van der Waals surface area contributed by atoms with Crippen molar-refractivity contribution in [3.8, 4) is 0 Å². The van der Waals surface area contributed by atoms with Crippen molar-refractivity contribution in [3.63, 3.8) is 0 Å². The first-order valence-electron chi connectivity index (χ1n) is 6.97. The number of hydrogen-bond donors (Lipinski definition) is 2. The Hall–Kier alpha value is -1.71. The number of carboxylic acids is 1. The Morgan fingerprint density at radius 3 is 2.55 bits per heavy atom. The van der Waals surface area contributed by atoms with Crippen LogP contribution in [0.2, 0.25) is 10.0 Å². The Balaban J connectivity index is 2.43. The highest BCUT2D eigenvalue weighted by Gasteiger charge is 2.12. The topological polar surface area (TPSA) is 49.3 Å². The molecule has 0 heterocycles. The number of rotatable bonds is 5. The second kappa shape index (κ2) is 7.03. The number of anilines is 2. The van der Waals surface area contributed by atoms with Crippen molar-refractivity contribution in [1.29, 1.82) is 0 Å². The summed E-state index contributed by atoms with van der Waals surface area (Å²) >= 11 is 12.2. The maximum Gasteiger partial charge on any atom is 0.307 e. The van der Waals surface area contributed by atoms with Gasteiger partial charge in [-0.1, -0.05) is 42.3 Å². The molecule has 2 rings (SSSR count). The number of carbonyl (C=O) groups is 1. The van der Waals surface area contributed by atoms with E-state index in [9.17, 15) is 4.79 Å². The van der Waals surface area contributed by atoms with Crippen molar-refractivity contribution in [2.24, 2.45) is 0 Å². The maximum atomic E-state index is 11.1. The fourth-order valence-corrected chi connectivity index (χ4v) is 2.94. The van der Waals surface area contributed by atoms with Crippen LogP contribution in [0.4, 0.5) is 11.4 Å². The zero-order valence-electron chi connectivity index (χ0n) is 12.4. The highest BCUT2D eigenvalue weighted by molar-refractivity contribution is 6.36. The lowest BCUT2D eigenvalue weighted by Gasteiger charge is -2.16. The molecule has 0 aromatic heterocycles. The standard InChI is InChI=1S/C17H17Cl2NO2/c1-3-11-4-5-15(12(7-11)8-16(21)22)20-17-10(2)6-13(18)9-14(17)19/h4-7,9,20H,3,8H2,1-2H3,(H,21,22). The molecule has 22 heavy (non-hydrogen) atoms. The fourth-order valence-electron chi connectivity index (χ4n) is 2.29. The third-order valence-corrected chi connectivity index (χ3v) is 3.95. The van der Waals surface area contributed by atoms with E-state index < -0.39 is 5.97 Å². The summed E-state index contributed by atoms with van der Waals surface area (Å²) in [6, 6.07) is 9.26. The summed E-state index contributed by atoms with van der Waals surface area (Å²) in [5.74, 6) is -0.866. The molecule has 0 spiro atoms. The summed E-state index contributed by atoms with van der Waals surface area (Å²) in [4.78, 5) is 11.1. The summed E-state index contributed by atoms with van der Waals surface area (Å²) < 4.78 is 0. The number of benzene rings is 2. The quantitative estimate of drug-likeness (QED) is 0.784. The Morgan fingerprint density at radius 1 is 1.23 bits per heavy atom. The van der Waals surface area contributed by atoms with Gasteiger partial charge in [-0.3, -0.25) is 4.79 Å². The van der Waals surface area contributed by atoms with E-state index in [2.05, 4.69) is 5.32 Å². The van der Waals surface area contributed by atoms with Gasteiger partial charge in [0, 0.05) is 10.7 Å². The minimum atomic E-state index is -0.866. The third-order valence-electron chi connectivity index (χ3n) is 3.43. The Bertz CT molecular complexity index is 691. The van der Waals surface area contributed by atoms with Crippen LogP contribution in [0.15, 0.2) is 30.3 Å². The van der Waals surface area contributed by atoms with Crippen LogP contribution in [-0.4, -0.2) is 11.1 Å². The molecule has 0 aliphatic heterocycles. The number of carboxylic acid groups (broad SMARTS) is 1. The van der Waals surface area contributed by atoms with Crippen molar-refractivity contribution in [2.45, 2.75) is 26.7 Å². The molecule has 0 amide bonds. The number of aliphatic carboxylic acids is 1. The fraction of sp³-hybridized carbons (Fsp3) is 0.235. The van der Waals surface area contributed by atoms with Crippen molar-refractivity contribution in [2.75, 3.05) is 5.32 Å². The second-order valence-corrected chi connectivity index (χ2v) is 5.96. The van der Waals surface area contributed by atoms with Gasteiger partial charge in [0.05, 0.1) is 17.1 Å². The van der Waals surface area contributed by atoms with E-state index in [0.717, 1.165) is 34.5 Å². The molecule has 2 aromatic carbocycles. The highest BCUT2D eigenvalue weighted by atomic mass is 35.5. The van der Waals surface area contributed by atoms with Gasteiger partial charge in [0.25, 0.3) is 0 Å². The number of hydrogen-bond acceptors (Lipinski definition) is 2. The van der Waals surface area contributed by atoms with Crippen LogP contribution >= 0.6 is 23.2 Å². The highest BCUT2D eigenvalue weighted by Crippen LogP contribution is 2.33. The van der Waals surface area contributed by atoms with E-state index in [4.69, 9.17) is 28.3 Å². The minimum absolute atomic E-state index is 0.0412. The molecule has 0 aliphatic carbocycles. The van der Waals surface area contributed by atoms with Crippen LogP contribution in [-0.2, 0) is 17.6 Å². The average Bonchev–Trinajstić information content (AvgIpc) is 2.43. The first kappa shape index (κ1) is 16.7. The normalized spacial score (nSPS) is 10.5. The van der Waals surface area contributed by atoms with E-state index in [1.165, 1.54) is 0 Å².